The van der Waals surface area contributed by atoms with Gasteiger partial charge in [0.2, 0.25) is 11.2 Å². The highest BCUT2D eigenvalue weighted by Gasteiger charge is 2.21. The molecule has 0 saturated carbocycles. The van der Waals surface area contributed by atoms with Crippen LogP contribution in [0.15, 0.2) is 76.0 Å². The molecule has 0 aliphatic rings. The topological polar surface area (TPSA) is 126 Å². The van der Waals surface area contributed by atoms with Crippen LogP contribution in [0.2, 0.25) is 0 Å². The predicted octanol–water partition coefficient (Wildman–Crippen LogP) is 6.20. The van der Waals surface area contributed by atoms with E-state index in [1.54, 1.807) is 6.08 Å². The Hall–Kier alpha value is -4.72. The first-order chi connectivity index (χ1) is 18.9. The summed E-state index contributed by atoms with van der Waals surface area (Å²) >= 11 is 0. The Morgan fingerprint density at radius 3 is 2.36 bits per heavy atom. The van der Waals surface area contributed by atoms with Gasteiger partial charge in [-0.3, -0.25) is 9.59 Å². The van der Waals surface area contributed by atoms with Crippen LogP contribution in [0, 0.1) is 0 Å². The number of aromatic hydroxyl groups is 3. The Balaban J connectivity index is 1.49. The standard InChI is InChI=1S/C31H30O8/c1-2-3-4-5-16-37-25-14-7-20(8-15-25)6-11-23(33)19-38-31-29(36)28-26(35)17-24(34)18-27(28)39-30(31)21-9-12-22(32)13-10-21/h6-15,17-18,32,34-35H,2-5,16,19H2,1H3/b11-6+. The lowest BCUT2D eigenvalue weighted by atomic mass is 10.1. The van der Waals surface area contributed by atoms with Crippen molar-refractivity contribution in [2.45, 2.75) is 32.6 Å². The summed E-state index contributed by atoms with van der Waals surface area (Å²) < 4.78 is 17.2. The van der Waals surface area contributed by atoms with Crippen molar-refractivity contribution >= 4 is 22.8 Å². The average Bonchev–Trinajstić information content (AvgIpc) is 2.92. The smallest absolute Gasteiger partial charge is 0.239 e. The molecule has 0 aliphatic carbocycles. The number of rotatable bonds is 12. The van der Waals surface area contributed by atoms with E-state index in [2.05, 4.69) is 6.92 Å². The van der Waals surface area contributed by atoms with Crippen molar-refractivity contribution in [3.05, 3.63) is 82.5 Å². The van der Waals surface area contributed by atoms with Crippen molar-refractivity contribution in [3.63, 3.8) is 0 Å². The van der Waals surface area contributed by atoms with E-state index >= 15 is 0 Å². The van der Waals surface area contributed by atoms with Crippen LogP contribution in [-0.4, -0.2) is 34.3 Å². The fraction of sp³-hybridized carbons (Fsp3) is 0.226. The van der Waals surface area contributed by atoms with E-state index in [0.717, 1.165) is 30.2 Å². The molecule has 4 aromatic rings. The third-order valence-corrected chi connectivity index (χ3v) is 6.01. The fourth-order valence-corrected chi connectivity index (χ4v) is 3.98. The maximum absolute atomic E-state index is 13.3. The van der Waals surface area contributed by atoms with Gasteiger partial charge in [-0.15, -0.1) is 0 Å². The molecule has 0 unspecified atom stereocenters. The molecule has 0 amide bonds. The van der Waals surface area contributed by atoms with Gasteiger partial charge in [-0.2, -0.15) is 0 Å². The first-order valence-corrected chi connectivity index (χ1v) is 12.7. The van der Waals surface area contributed by atoms with Gasteiger partial charge in [0.1, 0.15) is 34.0 Å². The van der Waals surface area contributed by atoms with E-state index in [0.29, 0.717) is 12.2 Å². The zero-order valence-corrected chi connectivity index (χ0v) is 21.6. The first kappa shape index (κ1) is 27.3. The lowest BCUT2D eigenvalue weighted by Crippen LogP contribution is -2.15. The number of carbonyl (C=O) groups is 1. The minimum Gasteiger partial charge on any atom is -0.508 e. The molecule has 3 aromatic carbocycles. The fourth-order valence-electron chi connectivity index (χ4n) is 3.98. The van der Waals surface area contributed by atoms with E-state index in [4.69, 9.17) is 13.9 Å². The number of phenolic OH excluding ortho intramolecular Hbond substituents is 3. The number of ether oxygens (including phenoxy) is 2. The van der Waals surface area contributed by atoms with E-state index < -0.39 is 23.6 Å². The van der Waals surface area contributed by atoms with Crippen molar-refractivity contribution in [1.29, 1.82) is 0 Å². The van der Waals surface area contributed by atoms with E-state index in [1.165, 1.54) is 49.2 Å². The van der Waals surface area contributed by atoms with Gasteiger partial charge >= 0.3 is 0 Å². The molecule has 39 heavy (non-hydrogen) atoms. The number of hydrogen-bond acceptors (Lipinski definition) is 8. The molecule has 1 heterocycles. The van der Waals surface area contributed by atoms with Crippen LogP contribution >= 0.6 is 0 Å². The third-order valence-electron chi connectivity index (χ3n) is 6.01. The van der Waals surface area contributed by atoms with Gasteiger partial charge in [-0.1, -0.05) is 44.4 Å². The summed E-state index contributed by atoms with van der Waals surface area (Å²) in [6.45, 7) is 2.37. The van der Waals surface area contributed by atoms with Crippen LogP contribution in [0.1, 0.15) is 38.2 Å². The second-order valence-electron chi connectivity index (χ2n) is 9.04. The number of unbranched alkanes of at least 4 members (excludes halogenated alkanes) is 3. The number of carbonyl (C=O) groups excluding carboxylic acids is 1. The molecule has 0 saturated heterocycles. The zero-order valence-electron chi connectivity index (χ0n) is 21.6. The van der Waals surface area contributed by atoms with E-state index in [1.807, 2.05) is 24.3 Å². The van der Waals surface area contributed by atoms with Crippen LogP contribution < -0.4 is 14.9 Å². The number of fused-ring (bicyclic) bond motifs is 1. The van der Waals surface area contributed by atoms with Crippen molar-refractivity contribution in [1.82, 2.24) is 0 Å². The number of benzene rings is 3. The highest BCUT2D eigenvalue weighted by molar-refractivity contribution is 5.95. The molecule has 0 bridgehead atoms. The molecule has 0 aliphatic heterocycles. The largest absolute Gasteiger partial charge is 0.508 e. The van der Waals surface area contributed by atoms with Gasteiger partial charge < -0.3 is 29.2 Å². The average molecular weight is 531 g/mol. The molecule has 3 N–H and O–H groups in total. The molecule has 1 aromatic heterocycles. The molecule has 4 rings (SSSR count). The van der Waals surface area contributed by atoms with Crippen molar-refractivity contribution in [2.75, 3.05) is 13.2 Å². The van der Waals surface area contributed by atoms with Gasteiger partial charge in [0.25, 0.3) is 0 Å². The summed E-state index contributed by atoms with van der Waals surface area (Å²) in [5, 5.41) is 29.5. The second-order valence-corrected chi connectivity index (χ2v) is 9.04. The normalized spacial score (nSPS) is 11.2. The lowest BCUT2D eigenvalue weighted by Gasteiger charge is -2.12. The molecular weight excluding hydrogens is 500 g/mol. The Labute approximate surface area is 225 Å². The summed E-state index contributed by atoms with van der Waals surface area (Å²) in [7, 11) is 0. The molecule has 8 heteroatoms. The summed E-state index contributed by atoms with van der Waals surface area (Å²) in [5.41, 5.74) is 0.410. The second kappa shape index (κ2) is 12.7. The van der Waals surface area contributed by atoms with Crippen LogP contribution in [-0.2, 0) is 4.79 Å². The van der Waals surface area contributed by atoms with Gasteiger partial charge in [0, 0.05) is 17.7 Å². The predicted molar refractivity (Wildman–Crippen MR) is 149 cm³/mol. The molecular formula is C31H30O8. The lowest BCUT2D eigenvalue weighted by molar-refractivity contribution is -0.116. The van der Waals surface area contributed by atoms with Crippen LogP contribution in [0.25, 0.3) is 28.4 Å². The quantitative estimate of drug-likeness (QED) is 0.146. The highest BCUT2D eigenvalue weighted by atomic mass is 16.5. The number of hydrogen-bond donors (Lipinski definition) is 3. The third kappa shape index (κ3) is 6.98. The Bertz CT molecular complexity index is 1520. The Kier molecular flexibility index (Phi) is 8.89. The highest BCUT2D eigenvalue weighted by Crippen LogP contribution is 2.36. The Morgan fingerprint density at radius 2 is 1.64 bits per heavy atom. The van der Waals surface area contributed by atoms with Crippen molar-refractivity contribution in [2.24, 2.45) is 0 Å². The molecule has 0 atom stereocenters. The maximum Gasteiger partial charge on any atom is 0.239 e. The van der Waals surface area contributed by atoms with Gasteiger partial charge in [-0.05, 0) is 54.5 Å². The van der Waals surface area contributed by atoms with E-state index in [-0.39, 0.29) is 34.0 Å². The minimum atomic E-state index is -0.709. The molecule has 0 radical (unpaired) electrons. The summed E-state index contributed by atoms with van der Waals surface area (Å²) in [6.07, 6.45) is 7.50. The monoisotopic (exact) mass is 530 g/mol. The number of ketones is 1. The van der Waals surface area contributed by atoms with Crippen LogP contribution in [0.4, 0.5) is 0 Å². The van der Waals surface area contributed by atoms with Gasteiger partial charge in [0.15, 0.2) is 18.2 Å². The maximum atomic E-state index is 13.3. The Morgan fingerprint density at radius 1 is 0.897 bits per heavy atom. The van der Waals surface area contributed by atoms with Gasteiger partial charge in [-0.25, -0.2) is 0 Å². The first-order valence-electron chi connectivity index (χ1n) is 12.7. The van der Waals surface area contributed by atoms with Gasteiger partial charge in [0.05, 0.1) is 6.61 Å². The summed E-state index contributed by atoms with van der Waals surface area (Å²) in [4.78, 5) is 25.8. The summed E-state index contributed by atoms with van der Waals surface area (Å²) in [6, 6.07) is 15.4. The SMILES string of the molecule is CCCCCCOc1ccc(/C=C/C(=O)COc2c(-c3ccc(O)cc3)oc3cc(O)cc(O)c3c2=O)cc1. The zero-order chi connectivity index (χ0) is 27.8. The molecule has 202 valence electrons. The molecule has 8 nitrogen and oxygen atoms in total. The van der Waals surface area contributed by atoms with E-state index in [9.17, 15) is 24.9 Å². The van der Waals surface area contributed by atoms with Crippen molar-refractivity contribution in [3.8, 4) is 40.1 Å². The van der Waals surface area contributed by atoms with Crippen LogP contribution in [0.5, 0.6) is 28.7 Å². The number of phenols is 3. The van der Waals surface area contributed by atoms with Crippen molar-refractivity contribution < 1.29 is 34.0 Å². The minimum absolute atomic E-state index is 0.00604. The molecule has 0 spiro atoms. The summed E-state index contributed by atoms with van der Waals surface area (Å²) in [5.74, 6) is -0.708. The van der Waals surface area contributed by atoms with Crippen LogP contribution in [0.3, 0.4) is 0 Å². The molecule has 0 fully saturated rings.